The molecule has 2 heterocycles. The first-order chi connectivity index (χ1) is 17.2. The van der Waals surface area contributed by atoms with Crippen LogP contribution in [0.5, 0.6) is 0 Å². The van der Waals surface area contributed by atoms with E-state index in [0.717, 1.165) is 6.20 Å². The number of nitrogens with zero attached hydrogens (tertiary/aromatic N) is 4. The molecule has 0 radical (unpaired) electrons. The van der Waals surface area contributed by atoms with Crippen molar-refractivity contribution in [2.45, 2.75) is 24.7 Å². The highest BCUT2D eigenvalue weighted by Crippen LogP contribution is 2.34. The molecule has 0 bridgehead atoms. The summed E-state index contributed by atoms with van der Waals surface area (Å²) in [6.07, 6.45) is -1.89. The second kappa shape index (κ2) is 9.99. The molecule has 0 aliphatic carbocycles. The molecule has 10 nitrogen and oxygen atoms in total. The highest BCUT2D eigenvalue weighted by Gasteiger charge is 2.35. The summed E-state index contributed by atoms with van der Waals surface area (Å²) < 4.78 is 86.4. The quantitative estimate of drug-likeness (QED) is 0.428. The lowest BCUT2D eigenvalue weighted by atomic mass is 10.2. The van der Waals surface area contributed by atoms with Crippen LogP contribution in [0.4, 0.5) is 30.6 Å². The zero-order valence-corrected chi connectivity index (χ0v) is 18.3. The lowest BCUT2D eigenvalue weighted by molar-refractivity contribution is -0.137. The fourth-order valence-corrected chi connectivity index (χ4v) is 3.71. The van der Waals surface area contributed by atoms with Crippen molar-refractivity contribution in [3.63, 3.8) is 0 Å². The van der Waals surface area contributed by atoms with Crippen LogP contribution >= 0.6 is 0 Å². The number of rotatable bonds is 8. The monoisotopic (exact) mass is 498 g/mol. The highest BCUT2D eigenvalue weighted by atomic mass is 32.2. The van der Waals surface area contributed by atoms with Crippen LogP contribution in [0.1, 0.15) is 32.7 Å². The van der Waals surface area contributed by atoms with Gasteiger partial charge in [-0.05, 0) is 24.3 Å². The van der Waals surface area contributed by atoms with Crippen molar-refractivity contribution in [1.29, 1.82) is 0 Å². The number of aromatic nitrogens is 4. The van der Waals surface area contributed by atoms with Crippen LogP contribution < -0.4 is 16.0 Å². The number of halogens is 3. The van der Waals surface area contributed by atoms with Crippen LogP contribution in [0, 0.1) is 0 Å². The van der Waals surface area contributed by atoms with Gasteiger partial charge >= 0.3 is 6.18 Å². The third kappa shape index (κ3) is 5.75. The topological polar surface area (TPSA) is 139 Å². The summed E-state index contributed by atoms with van der Waals surface area (Å²) in [5.41, 5.74) is -0.949. The van der Waals surface area contributed by atoms with Gasteiger partial charge in [0.2, 0.25) is 5.95 Å². The van der Waals surface area contributed by atoms with Crippen molar-refractivity contribution in [2.75, 3.05) is 23.4 Å². The number of hydrogen-bond donors (Lipinski definition) is 3. The van der Waals surface area contributed by atoms with E-state index in [-0.39, 0.29) is 28.0 Å². The SMILES string of the molecule is [2H]C([2H])([2H])NC(=O)c1ccc(Nc2ncc(C(F)(F)F)c(NCc3nccnc3S(=O)(=O)CC)n2)cc1. The lowest BCUT2D eigenvalue weighted by Gasteiger charge is -2.15. The van der Waals surface area contributed by atoms with Gasteiger partial charge in [-0.2, -0.15) is 18.2 Å². The molecule has 14 heteroatoms. The van der Waals surface area contributed by atoms with Gasteiger partial charge in [-0.1, -0.05) is 6.92 Å². The zero-order valence-electron chi connectivity index (χ0n) is 20.5. The summed E-state index contributed by atoms with van der Waals surface area (Å²) in [5, 5.41) is 6.62. The molecule has 3 N–H and O–H groups in total. The normalized spacial score (nSPS) is 13.4. The molecule has 0 aliphatic heterocycles. The molecule has 0 saturated carbocycles. The Morgan fingerprint density at radius 3 is 2.47 bits per heavy atom. The molecule has 180 valence electrons. The maximum absolute atomic E-state index is 13.6. The van der Waals surface area contributed by atoms with Crippen molar-refractivity contribution < 1.29 is 30.5 Å². The summed E-state index contributed by atoms with van der Waals surface area (Å²) in [5.74, 6) is -1.98. The molecule has 0 spiro atoms. The van der Waals surface area contributed by atoms with Gasteiger partial charge in [-0.15, -0.1) is 0 Å². The minimum atomic E-state index is -4.82. The fourth-order valence-electron chi connectivity index (χ4n) is 2.73. The smallest absolute Gasteiger partial charge is 0.364 e. The predicted molar refractivity (Wildman–Crippen MR) is 117 cm³/mol. The third-order valence-corrected chi connectivity index (χ3v) is 6.13. The maximum Gasteiger partial charge on any atom is 0.421 e. The van der Waals surface area contributed by atoms with Crippen LogP contribution in [0.3, 0.4) is 0 Å². The number of carbonyl (C=O) groups excluding carboxylic acids is 1. The van der Waals surface area contributed by atoms with E-state index in [1.54, 1.807) is 0 Å². The molecule has 34 heavy (non-hydrogen) atoms. The van der Waals surface area contributed by atoms with Crippen LogP contribution in [0.2, 0.25) is 0 Å². The number of benzene rings is 1. The van der Waals surface area contributed by atoms with Gasteiger partial charge in [-0.3, -0.25) is 9.78 Å². The molecule has 1 aromatic carbocycles. The fraction of sp³-hybridized carbons (Fsp3) is 0.250. The molecular formula is C20H20F3N7O3S. The van der Waals surface area contributed by atoms with E-state index in [9.17, 15) is 26.4 Å². The van der Waals surface area contributed by atoms with Crippen molar-refractivity contribution in [3.8, 4) is 0 Å². The van der Waals surface area contributed by atoms with Gasteiger partial charge in [0.15, 0.2) is 14.9 Å². The molecule has 3 aromatic rings. The van der Waals surface area contributed by atoms with Gasteiger partial charge in [-0.25, -0.2) is 18.4 Å². The van der Waals surface area contributed by atoms with E-state index in [1.807, 2.05) is 5.32 Å². The van der Waals surface area contributed by atoms with Crippen molar-refractivity contribution in [1.82, 2.24) is 25.3 Å². The average Bonchev–Trinajstić information content (AvgIpc) is 2.81. The average molecular weight is 499 g/mol. The Hall–Kier alpha value is -3.81. The molecule has 0 saturated heterocycles. The summed E-state index contributed by atoms with van der Waals surface area (Å²) in [7, 11) is -3.78. The van der Waals surface area contributed by atoms with E-state index >= 15 is 0 Å². The molecule has 0 fully saturated rings. The van der Waals surface area contributed by atoms with Crippen LogP contribution in [0.25, 0.3) is 0 Å². The van der Waals surface area contributed by atoms with Gasteiger partial charge in [0.1, 0.15) is 11.4 Å². The van der Waals surface area contributed by atoms with E-state index < -0.39 is 46.8 Å². The van der Waals surface area contributed by atoms with E-state index in [0.29, 0.717) is 11.9 Å². The summed E-state index contributed by atoms with van der Waals surface area (Å²) in [6, 6.07) is 5.36. The predicted octanol–water partition coefficient (Wildman–Crippen LogP) is 2.79. The number of carbonyl (C=O) groups is 1. The second-order valence-corrected chi connectivity index (χ2v) is 8.87. The molecule has 3 rings (SSSR count). The Bertz CT molecular complexity index is 1390. The maximum atomic E-state index is 13.6. The Morgan fingerprint density at radius 1 is 1.12 bits per heavy atom. The first-order valence-electron chi connectivity index (χ1n) is 11.1. The minimum Gasteiger partial charge on any atom is -0.364 e. The largest absolute Gasteiger partial charge is 0.421 e. The van der Waals surface area contributed by atoms with Crippen LogP contribution in [-0.2, 0) is 22.6 Å². The standard InChI is InChI=1S/C20H20F3N7O3S/c1-3-34(32,33)18-15(25-8-9-26-18)11-27-16-14(20(21,22)23)10-28-19(30-16)29-13-6-4-12(5-7-13)17(31)24-2/h4-10H,3,11H2,1-2H3,(H,24,31)(H2,27,28,29,30)/i2D3. The Labute approximate surface area is 197 Å². The highest BCUT2D eigenvalue weighted by molar-refractivity contribution is 7.91. The molecule has 2 aromatic heterocycles. The molecule has 1 amide bonds. The number of alkyl halides is 3. The summed E-state index contributed by atoms with van der Waals surface area (Å²) in [6.45, 7) is -1.69. The molecule has 0 unspecified atom stereocenters. The van der Waals surface area contributed by atoms with Crippen LogP contribution in [0.15, 0.2) is 47.9 Å². The zero-order chi connectivity index (χ0) is 27.4. The Morgan fingerprint density at radius 2 is 1.82 bits per heavy atom. The second-order valence-electron chi connectivity index (χ2n) is 6.68. The van der Waals surface area contributed by atoms with E-state index in [1.165, 1.54) is 37.4 Å². The minimum absolute atomic E-state index is 0.0409. The Balaban J connectivity index is 1.84. The van der Waals surface area contributed by atoms with E-state index in [4.69, 9.17) is 4.11 Å². The van der Waals surface area contributed by atoms with Crippen molar-refractivity contribution in [3.05, 3.63) is 59.7 Å². The Kier molecular flexibility index (Phi) is 6.10. The van der Waals surface area contributed by atoms with Crippen molar-refractivity contribution in [2.24, 2.45) is 0 Å². The van der Waals surface area contributed by atoms with Gasteiger partial charge in [0.25, 0.3) is 5.91 Å². The third-order valence-electron chi connectivity index (χ3n) is 4.44. The van der Waals surface area contributed by atoms with Crippen molar-refractivity contribution >= 4 is 33.2 Å². The summed E-state index contributed by atoms with van der Waals surface area (Å²) in [4.78, 5) is 27.2. The van der Waals surface area contributed by atoms with Gasteiger partial charge in [0, 0.05) is 40.9 Å². The first kappa shape index (κ1) is 20.8. The van der Waals surface area contributed by atoms with Crippen LogP contribution in [-0.4, -0.2) is 47.0 Å². The van der Waals surface area contributed by atoms with E-state index in [2.05, 4.69) is 30.6 Å². The number of hydrogen-bond acceptors (Lipinski definition) is 9. The first-order valence-corrected chi connectivity index (χ1v) is 11.2. The van der Waals surface area contributed by atoms with Gasteiger partial charge < -0.3 is 16.0 Å². The number of nitrogens with one attached hydrogen (secondary N) is 3. The lowest BCUT2D eigenvalue weighted by Crippen LogP contribution is -2.17. The number of anilines is 3. The number of sulfone groups is 1. The molecule has 0 aliphatic rings. The number of amides is 1. The molecular weight excluding hydrogens is 475 g/mol. The molecule has 0 atom stereocenters. The van der Waals surface area contributed by atoms with Gasteiger partial charge in [0.05, 0.1) is 18.0 Å². The summed E-state index contributed by atoms with van der Waals surface area (Å²) >= 11 is 0.